The van der Waals surface area contributed by atoms with Crippen LogP contribution in [-0.4, -0.2) is 0 Å². The van der Waals surface area contributed by atoms with Gasteiger partial charge >= 0.3 is 0 Å². The van der Waals surface area contributed by atoms with Crippen LogP contribution in [0.5, 0.6) is 0 Å². The molecule has 0 rings (SSSR count). The van der Waals surface area contributed by atoms with Crippen LogP contribution < -0.4 is 0 Å². The Labute approximate surface area is 77.5 Å². The van der Waals surface area contributed by atoms with Crippen molar-refractivity contribution < 1.29 is 78.5 Å². The number of hydrogen-bond acceptors (Lipinski definition) is 0. The Morgan fingerprint density at radius 2 is 0.500 bits per heavy atom. The van der Waals surface area contributed by atoms with Gasteiger partial charge in [-0.25, -0.2) is 0 Å². The molecule has 0 radical (unpaired) electrons. The molecule has 0 saturated carbocycles. The van der Waals surface area contributed by atoms with Crippen molar-refractivity contribution >= 4 is 0 Å². The van der Waals surface area contributed by atoms with Crippen LogP contribution in [0.25, 0.3) is 0 Å². The first kappa shape index (κ1) is 31.3. The summed E-state index contributed by atoms with van der Waals surface area (Å²) in [6.07, 6.45) is 0. The molecule has 4 heavy (non-hydrogen) atoms. The van der Waals surface area contributed by atoms with Gasteiger partial charge in [0.25, 0.3) is 0 Å². The van der Waals surface area contributed by atoms with E-state index in [1.54, 1.807) is 0 Å². The van der Waals surface area contributed by atoms with Gasteiger partial charge in [0, 0.05) is 78.5 Å². The van der Waals surface area contributed by atoms with Gasteiger partial charge in [0.2, 0.25) is 0 Å². The maximum absolute atomic E-state index is 0. The summed E-state index contributed by atoms with van der Waals surface area (Å²) < 4.78 is 0. The second-order valence-electron chi connectivity index (χ2n) is 0. The molecule has 0 amide bonds. The molecule has 0 aliphatic carbocycles. The third-order valence-electron chi connectivity index (χ3n) is 0. The van der Waals surface area contributed by atoms with Gasteiger partial charge in [-0.3, -0.25) is 0 Å². The first-order valence-corrected chi connectivity index (χ1v) is 0. The normalized spacial score (nSPS) is 0. The second kappa shape index (κ2) is 17.8. The molecule has 0 aliphatic rings. The molecule has 0 N–H and O–H groups in total. The molecule has 0 heterocycles. The molecule has 0 aromatic carbocycles. The van der Waals surface area contributed by atoms with Gasteiger partial charge in [0.05, 0.1) is 0 Å². The Balaban J connectivity index is 0. The van der Waals surface area contributed by atoms with Crippen LogP contribution in [-0.2, 0) is 78.5 Å². The number of hydrogen-bond donors (Lipinski definition) is 0. The molecular formula is Os2Ru2. The molecule has 0 spiro atoms. The van der Waals surface area contributed by atoms with E-state index < -0.39 is 0 Å². The van der Waals surface area contributed by atoms with Gasteiger partial charge in [-0.05, 0) is 0 Å². The predicted molar refractivity (Wildman–Crippen MR) is 0 cm³/mol. The zero-order chi connectivity index (χ0) is 0. The average molecular weight is 583 g/mol. The minimum atomic E-state index is 0. The zero-order valence-electron chi connectivity index (χ0n) is 1.41. The Morgan fingerprint density at radius 3 is 0.500 bits per heavy atom. The third kappa shape index (κ3) is 8.82. The van der Waals surface area contributed by atoms with E-state index in [4.69, 9.17) is 0 Å². The summed E-state index contributed by atoms with van der Waals surface area (Å²) in [4.78, 5) is 0. The Hall–Kier alpha value is 2.52. The molecule has 0 nitrogen and oxygen atoms in total. The summed E-state index contributed by atoms with van der Waals surface area (Å²) in [5, 5.41) is 0. The molecule has 0 atom stereocenters. The Bertz CT molecular complexity index is 4.00. The van der Waals surface area contributed by atoms with Gasteiger partial charge in [-0.15, -0.1) is 0 Å². The van der Waals surface area contributed by atoms with E-state index >= 15 is 0 Å². The van der Waals surface area contributed by atoms with Crippen LogP contribution in [0, 0.1) is 0 Å². The average Bonchev–Trinajstić information content (AvgIpc) is 0. The van der Waals surface area contributed by atoms with Crippen molar-refractivity contribution in [2.24, 2.45) is 0 Å². The molecule has 0 unspecified atom stereocenters. The van der Waals surface area contributed by atoms with Crippen molar-refractivity contribution in [2.75, 3.05) is 0 Å². The maximum Gasteiger partial charge on any atom is 0 e. The largest absolute Gasteiger partial charge is 0 e. The van der Waals surface area contributed by atoms with E-state index in [1.807, 2.05) is 0 Å². The summed E-state index contributed by atoms with van der Waals surface area (Å²) in [7, 11) is 0. The summed E-state index contributed by atoms with van der Waals surface area (Å²) in [5.41, 5.74) is 0. The van der Waals surface area contributed by atoms with Crippen molar-refractivity contribution in [3.05, 3.63) is 0 Å². The molecule has 4 heteroatoms. The monoisotopic (exact) mass is 588 g/mol. The van der Waals surface area contributed by atoms with E-state index in [1.165, 1.54) is 0 Å². The van der Waals surface area contributed by atoms with E-state index in [-0.39, 0.29) is 78.5 Å². The predicted octanol–water partition coefficient (Wildman–Crippen LogP) is -0.0100. The molecule has 32 valence electrons. The first-order valence-electron chi connectivity index (χ1n) is 0. The van der Waals surface area contributed by atoms with Crippen molar-refractivity contribution in [1.82, 2.24) is 0 Å². The smallest absolute Gasteiger partial charge is 0 e. The Morgan fingerprint density at radius 1 is 0.500 bits per heavy atom. The maximum atomic E-state index is 0. The molecule has 0 aromatic heterocycles. The van der Waals surface area contributed by atoms with Gasteiger partial charge in [-0.1, -0.05) is 0 Å². The van der Waals surface area contributed by atoms with Crippen LogP contribution in [0.4, 0.5) is 0 Å². The molecule has 0 bridgehead atoms. The van der Waals surface area contributed by atoms with Crippen molar-refractivity contribution in [3.8, 4) is 0 Å². The molecule has 0 aliphatic heterocycles. The number of rotatable bonds is 0. The van der Waals surface area contributed by atoms with Crippen molar-refractivity contribution in [1.29, 1.82) is 0 Å². The van der Waals surface area contributed by atoms with Crippen LogP contribution in [0.15, 0.2) is 0 Å². The van der Waals surface area contributed by atoms with E-state index in [2.05, 4.69) is 0 Å². The van der Waals surface area contributed by atoms with Gasteiger partial charge in [-0.2, -0.15) is 0 Å². The molecule has 0 aromatic rings. The van der Waals surface area contributed by atoms with Gasteiger partial charge in [0.1, 0.15) is 0 Å². The third-order valence-corrected chi connectivity index (χ3v) is 0. The van der Waals surface area contributed by atoms with Crippen LogP contribution in [0.3, 0.4) is 0 Å². The van der Waals surface area contributed by atoms with Crippen molar-refractivity contribution in [2.45, 2.75) is 0 Å². The summed E-state index contributed by atoms with van der Waals surface area (Å²) in [6, 6.07) is 0. The standard InChI is InChI=1S/2Os.2Ru. The van der Waals surface area contributed by atoms with Gasteiger partial charge in [0.15, 0.2) is 0 Å². The van der Waals surface area contributed by atoms with Gasteiger partial charge < -0.3 is 0 Å². The second-order valence-corrected chi connectivity index (χ2v) is 0. The molecule has 0 fully saturated rings. The SMILES string of the molecule is [Os].[Os].[Ru].[Ru]. The van der Waals surface area contributed by atoms with E-state index in [0.29, 0.717) is 0 Å². The quantitative estimate of drug-likeness (QED) is 0.353. The summed E-state index contributed by atoms with van der Waals surface area (Å²) in [5.74, 6) is 0. The zero-order valence-corrected chi connectivity index (χ0v) is 9.97. The van der Waals surface area contributed by atoms with Crippen LogP contribution >= 0.6 is 0 Å². The fraction of sp³-hybridized carbons (Fsp3) is 0. The first-order chi connectivity index (χ1) is 0. The topological polar surface area (TPSA) is 0 Å². The summed E-state index contributed by atoms with van der Waals surface area (Å²) in [6.45, 7) is 0. The Kier molecular flexibility index (Phi) is 139. The van der Waals surface area contributed by atoms with Crippen LogP contribution in [0.2, 0.25) is 0 Å². The minimum absolute atomic E-state index is 0. The molecule has 0 saturated heterocycles. The fourth-order valence-corrected chi connectivity index (χ4v) is 0. The minimum Gasteiger partial charge on any atom is 0 e. The molecular weight excluding hydrogens is 583 g/mol. The van der Waals surface area contributed by atoms with E-state index in [0.717, 1.165) is 0 Å². The van der Waals surface area contributed by atoms with Crippen molar-refractivity contribution in [3.63, 3.8) is 0 Å². The summed E-state index contributed by atoms with van der Waals surface area (Å²) >= 11 is 0. The van der Waals surface area contributed by atoms with E-state index in [9.17, 15) is 0 Å². The fourth-order valence-electron chi connectivity index (χ4n) is 0. The van der Waals surface area contributed by atoms with Crippen LogP contribution in [0.1, 0.15) is 0 Å².